The van der Waals surface area contributed by atoms with Crippen LogP contribution < -0.4 is 10.1 Å². The number of halogens is 1. The van der Waals surface area contributed by atoms with Crippen LogP contribution in [-0.2, 0) is 6.54 Å². The first kappa shape index (κ1) is 12.9. The summed E-state index contributed by atoms with van der Waals surface area (Å²) < 4.78 is 19.3. The highest BCUT2D eigenvalue weighted by Gasteiger charge is 2.05. The third-order valence-corrected chi connectivity index (χ3v) is 3.90. The number of nitrogens with one attached hydrogen (secondary N) is 1. The highest BCUT2D eigenvalue weighted by Crippen LogP contribution is 2.29. The average Bonchev–Trinajstić information content (AvgIpc) is 2.87. The Hall–Kier alpha value is -2.14. The quantitative estimate of drug-likeness (QED) is 0.786. The first-order chi connectivity index (χ1) is 9.74. The van der Waals surface area contributed by atoms with E-state index in [0.717, 1.165) is 26.7 Å². The molecule has 1 aromatic heterocycles. The summed E-state index contributed by atoms with van der Waals surface area (Å²) in [5.74, 6) is 0.594. The maximum Gasteiger partial charge on any atom is 0.184 e. The van der Waals surface area contributed by atoms with Gasteiger partial charge in [-0.2, -0.15) is 0 Å². The van der Waals surface area contributed by atoms with Crippen LogP contribution in [0.3, 0.4) is 0 Å². The molecule has 5 heteroatoms. The van der Waals surface area contributed by atoms with Crippen LogP contribution in [0.1, 0.15) is 5.56 Å². The van der Waals surface area contributed by atoms with Crippen molar-refractivity contribution < 1.29 is 9.13 Å². The summed E-state index contributed by atoms with van der Waals surface area (Å²) in [5.41, 5.74) is 1.82. The zero-order valence-electron chi connectivity index (χ0n) is 10.9. The fourth-order valence-electron chi connectivity index (χ4n) is 1.93. The lowest BCUT2D eigenvalue weighted by atomic mass is 10.2. The molecule has 0 aliphatic rings. The SMILES string of the molecule is COc1ccc2nc(NCc3cccc(F)c3)sc2c1. The van der Waals surface area contributed by atoms with E-state index in [1.807, 2.05) is 24.3 Å². The number of anilines is 1. The highest BCUT2D eigenvalue weighted by atomic mass is 32.1. The fraction of sp³-hybridized carbons (Fsp3) is 0.133. The third kappa shape index (κ3) is 2.72. The lowest BCUT2D eigenvalue weighted by Gasteiger charge is -2.02. The number of methoxy groups -OCH3 is 1. The number of aromatic nitrogens is 1. The number of hydrogen-bond donors (Lipinski definition) is 1. The van der Waals surface area contributed by atoms with Gasteiger partial charge in [-0.3, -0.25) is 0 Å². The molecular weight excluding hydrogens is 275 g/mol. The Bertz CT molecular complexity index is 742. The zero-order valence-corrected chi connectivity index (χ0v) is 11.7. The van der Waals surface area contributed by atoms with E-state index in [9.17, 15) is 4.39 Å². The normalized spacial score (nSPS) is 10.7. The van der Waals surface area contributed by atoms with Crippen molar-refractivity contribution in [2.24, 2.45) is 0 Å². The molecule has 3 aromatic rings. The second kappa shape index (κ2) is 5.46. The lowest BCUT2D eigenvalue weighted by molar-refractivity contribution is 0.415. The van der Waals surface area contributed by atoms with Crippen LogP contribution in [0.2, 0.25) is 0 Å². The number of ether oxygens (including phenoxy) is 1. The Balaban J connectivity index is 1.77. The van der Waals surface area contributed by atoms with Crippen molar-refractivity contribution in [3.63, 3.8) is 0 Å². The van der Waals surface area contributed by atoms with Gasteiger partial charge >= 0.3 is 0 Å². The van der Waals surface area contributed by atoms with Crippen LogP contribution in [0, 0.1) is 5.82 Å². The van der Waals surface area contributed by atoms with Crippen LogP contribution in [-0.4, -0.2) is 12.1 Å². The van der Waals surface area contributed by atoms with E-state index >= 15 is 0 Å². The molecule has 0 fully saturated rings. The second-order valence-corrected chi connectivity index (χ2v) is 5.37. The van der Waals surface area contributed by atoms with Crippen molar-refractivity contribution in [2.75, 3.05) is 12.4 Å². The molecule has 0 saturated heterocycles. The van der Waals surface area contributed by atoms with Crippen LogP contribution in [0.15, 0.2) is 42.5 Å². The van der Waals surface area contributed by atoms with Gasteiger partial charge in [-0.05, 0) is 35.9 Å². The van der Waals surface area contributed by atoms with Crippen LogP contribution >= 0.6 is 11.3 Å². The number of benzene rings is 2. The Labute approximate surface area is 120 Å². The van der Waals surface area contributed by atoms with Crippen molar-refractivity contribution in [1.82, 2.24) is 4.98 Å². The molecule has 0 spiro atoms. The number of thiazole rings is 1. The highest BCUT2D eigenvalue weighted by molar-refractivity contribution is 7.22. The minimum Gasteiger partial charge on any atom is -0.497 e. The van der Waals surface area contributed by atoms with Crippen LogP contribution in [0.5, 0.6) is 5.75 Å². The monoisotopic (exact) mass is 288 g/mol. The van der Waals surface area contributed by atoms with Crippen molar-refractivity contribution in [2.45, 2.75) is 6.54 Å². The first-order valence-corrected chi connectivity index (χ1v) is 6.99. The summed E-state index contributed by atoms with van der Waals surface area (Å²) in [6.45, 7) is 0.550. The van der Waals surface area contributed by atoms with Gasteiger partial charge in [0, 0.05) is 6.54 Å². The predicted octanol–water partition coefficient (Wildman–Crippen LogP) is 4.06. The molecule has 0 bridgehead atoms. The minimum atomic E-state index is -0.224. The maximum atomic E-state index is 13.1. The van der Waals surface area contributed by atoms with Crippen molar-refractivity contribution in [1.29, 1.82) is 0 Å². The van der Waals surface area contributed by atoms with E-state index in [1.165, 1.54) is 12.1 Å². The van der Waals surface area contributed by atoms with Crippen LogP contribution in [0.25, 0.3) is 10.2 Å². The molecule has 0 radical (unpaired) electrons. The summed E-state index contributed by atoms with van der Waals surface area (Å²) in [6.07, 6.45) is 0. The van der Waals surface area contributed by atoms with Crippen molar-refractivity contribution in [3.8, 4) is 5.75 Å². The van der Waals surface area contributed by atoms with Crippen molar-refractivity contribution in [3.05, 3.63) is 53.8 Å². The smallest absolute Gasteiger partial charge is 0.184 e. The Morgan fingerprint density at radius 2 is 2.15 bits per heavy atom. The van der Waals surface area contributed by atoms with Gasteiger partial charge < -0.3 is 10.1 Å². The molecule has 102 valence electrons. The van der Waals surface area contributed by atoms with Gasteiger partial charge in [-0.1, -0.05) is 23.5 Å². The Morgan fingerprint density at radius 1 is 1.25 bits per heavy atom. The number of rotatable bonds is 4. The molecule has 0 saturated carbocycles. The second-order valence-electron chi connectivity index (χ2n) is 4.34. The van der Waals surface area contributed by atoms with E-state index in [4.69, 9.17) is 4.74 Å². The zero-order chi connectivity index (χ0) is 13.9. The molecule has 1 N–H and O–H groups in total. The standard InChI is InChI=1S/C15H13FN2OS/c1-19-12-5-6-13-14(8-12)20-15(18-13)17-9-10-3-2-4-11(16)7-10/h2-8H,9H2,1H3,(H,17,18). The number of nitrogens with zero attached hydrogens (tertiary/aromatic N) is 1. The fourth-order valence-corrected chi connectivity index (χ4v) is 2.82. The van der Waals surface area contributed by atoms with Gasteiger partial charge in [0.1, 0.15) is 11.6 Å². The molecule has 0 amide bonds. The Kier molecular flexibility index (Phi) is 3.52. The number of fused-ring (bicyclic) bond motifs is 1. The molecule has 0 aliphatic heterocycles. The van der Waals surface area contributed by atoms with E-state index in [2.05, 4.69) is 10.3 Å². The molecule has 2 aromatic carbocycles. The summed E-state index contributed by atoms with van der Waals surface area (Å²) in [5, 5.41) is 4.03. The molecule has 3 rings (SSSR count). The van der Waals surface area contributed by atoms with Gasteiger partial charge in [-0.15, -0.1) is 0 Å². The summed E-state index contributed by atoms with van der Waals surface area (Å²) in [6, 6.07) is 12.3. The molecule has 3 nitrogen and oxygen atoms in total. The van der Waals surface area contributed by atoms with E-state index in [1.54, 1.807) is 24.5 Å². The largest absolute Gasteiger partial charge is 0.497 e. The van der Waals surface area contributed by atoms with Gasteiger partial charge in [-0.25, -0.2) is 9.37 Å². The Morgan fingerprint density at radius 3 is 2.95 bits per heavy atom. The van der Waals surface area contributed by atoms with Crippen molar-refractivity contribution >= 4 is 26.7 Å². The van der Waals surface area contributed by atoms with Gasteiger partial charge in [0.15, 0.2) is 5.13 Å². The molecular formula is C15H13FN2OS. The predicted molar refractivity (Wildman–Crippen MR) is 79.9 cm³/mol. The minimum absolute atomic E-state index is 0.224. The topological polar surface area (TPSA) is 34.1 Å². The van der Waals surface area contributed by atoms with E-state index in [-0.39, 0.29) is 5.82 Å². The van der Waals surface area contributed by atoms with Gasteiger partial charge in [0.2, 0.25) is 0 Å². The van der Waals surface area contributed by atoms with Gasteiger partial charge in [0.05, 0.1) is 17.3 Å². The summed E-state index contributed by atoms with van der Waals surface area (Å²) in [7, 11) is 1.64. The maximum absolute atomic E-state index is 13.1. The average molecular weight is 288 g/mol. The first-order valence-electron chi connectivity index (χ1n) is 6.17. The molecule has 0 unspecified atom stereocenters. The molecule has 1 heterocycles. The third-order valence-electron chi connectivity index (χ3n) is 2.93. The van der Waals surface area contributed by atoms with E-state index < -0.39 is 0 Å². The number of hydrogen-bond acceptors (Lipinski definition) is 4. The molecule has 0 atom stereocenters. The van der Waals surface area contributed by atoms with E-state index in [0.29, 0.717) is 6.54 Å². The lowest BCUT2D eigenvalue weighted by Crippen LogP contribution is -1.98. The summed E-state index contributed by atoms with van der Waals surface area (Å²) >= 11 is 1.55. The summed E-state index contributed by atoms with van der Waals surface area (Å²) in [4.78, 5) is 4.48. The molecule has 0 aliphatic carbocycles. The van der Waals surface area contributed by atoms with Gasteiger partial charge in [0.25, 0.3) is 0 Å². The molecule has 20 heavy (non-hydrogen) atoms. The van der Waals surface area contributed by atoms with Crippen LogP contribution in [0.4, 0.5) is 9.52 Å².